The van der Waals surface area contributed by atoms with Crippen LogP contribution in [0.5, 0.6) is 5.75 Å². The molecule has 0 aromatic heterocycles. The van der Waals surface area contributed by atoms with Gasteiger partial charge in [-0.15, -0.1) is 0 Å². The van der Waals surface area contributed by atoms with Gasteiger partial charge in [-0.05, 0) is 55.2 Å². The lowest BCUT2D eigenvalue weighted by Gasteiger charge is -2.32. The molecule has 3 rings (SSSR count). The van der Waals surface area contributed by atoms with E-state index in [-0.39, 0.29) is 0 Å². The van der Waals surface area contributed by atoms with Crippen LogP contribution in [-0.2, 0) is 5.41 Å². The Morgan fingerprint density at radius 3 is 2.81 bits per heavy atom. The first kappa shape index (κ1) is 10.2. The molecule has 1 aromatic carbocycles. The first-order chi connectivity index (χ1) is 7.80. The standard InChI is InChI=1S/C14H19NO/c1-16-12-4-2-3-11-10(9-15)5-6-14(7-8-14)13(11)12/h2-4,10H,5-9,15H2,1H3. The second-order valence-corrected chi connectivity index (χ2v) is 5.18. The van der Waals surface area contributed by atoms with Crippen LogP contribution in [-0.4, -0.2) is 13.7 Å². The molecule has 1 atom stereocenters. The van der Waals surface area contributed by atoms with Crippen molar-refractivity contribution in [1.82, 2.24) is 0 Å². The zero-order valence-corrected chi connectivity index (χ0v) is 9.83. The van der Waals surface area contributed by atoms with Crippen LogP contribution in [0.1, 0.15) is 42.7 Å². The van der Waals surface area contributed by atoms with Gasteiger partial charge < -0.3 is 10.5 Å². The Bertz CT molecular complexity index is 409. The molecule has 1 fully saturated rings. The molecule has 0 aliphatic heterocycles. The van der Waals surface area contributed by atoms with Gasteiger partial charge in [-0.2, -0.15) is 0 Å². The summed E-state index contributed by atoms with van der Waals surface area (Å²) in [5.41, 5.74) is 9.25. The summed E-state index contributed by atoms with van der Waals surface area (Å²) >= 11 is 0. The highest BCUT2D eigenvalue weighted by molar-refractivity contribution is 5.51. The SMILES string of the molecule is COc1cccc2c1C1(CCC2CN)CC1. The predicted molar refractivity (Wildman–Crippen MR) is 64.9 cm³/mol. The molecule has 0 amide bonds. The van der Waals surface area contributed by atoms with E-state index in [1.54, 1.807) is 7.11 Å². The fraction of sp³-hybridized carbons (Fsp3) is 0.571. The highest BCUT2D eigenvalue weighted by Crippen LogP contribution is 2.60. The number of benzene rings is 1. The summed E-state index contributed by atoms with van der Waals surface area (Å²) in [4.78, 5) is 0. The van der Waals surface area contributed by atoms with Gasteiger partial charge >= 0.3 is 0 Å². The Morgan fingerprint density at radius 1 is 1.38 bits per heavy atom. The third-order valence-corrected chi connectivity index (χ3v) is 4.36. The summed E-state index contributed by atoms with van der Waals surface area (Å²) in [5, 5.41) is 0. The second-order valence-electron chi connectivity index (χ2n) is 5.18. The lowest BCUT2D eigenvalue weighted by Crippen LogP contribution is -2.25. The predicted octanol–water partition coefficient (Wildman–Crippen LogP) is 2.56. The Labute approximate surface area is 96.8 Å². The van der Waals surface area contributed by atoms with E-state index in [2.05, 4.69) is 18.2 Å². The molecule has 2 nitrogen and oxygen atoms in total. The molecule has 86 valence electrons. The van der Waals surface area contributed by atoms with Gasteiger partial charge in [0.15, 0.2) is 0 Å². The Hall–Kier alpha value is -1.02. The normalized spacial score (nSPS) is 25.2. The summed E-state index contributed by atoms with van der Waals surface area (Å²) in [7, 11) is 1.78. The van der Waals surface area contributed by atoms with Crippen LogP contribution in [0.2, 0.25) is 0 Å². The first-order valence-electron chi connectivity index (χ1n) is 6.18. The van der Waals surface area contributed by atoms with Gasteiger partial charge in [0, 0.05) is 5.56 Å². The van der Waals surface area contributed by atoms with Crippen LogP contribution in [0.15, 0.2) is 18.2 Å². The van der Waals surface area contributed by atoms with Crippen LogP contribution in [0.25, 0.3) is 0 Å². The average Bonchev–Trinajstić information content (AvgIpc) is 3.10. The van der Waals surface area contributed by atoms with E-state index in [9.17, 15) is 0 Å². The summed E-state index contributed by atoms with van der Waals surface area (Å²) in [6, 6.07) is 6.44. The lowest BCUT2D eigenvalue weighted by molar-refractivity contribution is 0.387. The molecule has 1 aromatic rings. The third kappa shape index (κ3) is 1.29. The summed E-state index contributed by atoms with van der Waals surface area (Å²) in [5.74, 6) is 1.62. The molecule has 2 aliphatic carbocycles. The number of hydrogen-bond donors (Lipinski definition) is 1. The quantitative estimate of drug-likeness (QED) is 0.826. The Balaban J connectivity index is 2.15. The van der Waals surface area contributed by atoms with Gasteiger partial charge in [-0.3, -0.25) is 0 Å². The number of methoxy groups -OCH3 is 1. The number of rotatable bonds is 2. The highest BCUT2D eigenvalue weighted by atomic mass is 16.5. The van der Waals surface area contributed by atoms with Crippen molar-refractivity contribution in [3.63, 3.8) is 0 Å². The monoisotopic (exact) mass is 217 g/mol. The molecule has 0 bridgehead atoms. The molecule has 0 radical (unpaired) electrons. The molecule has 2 heteroatoms. The molecule has 2 aliphatic rings. The zero-order chi connectivity index (χ0) is 11.2. The number of ether oxygens (including phenoxy) is 1. The number of hydrogen-bond acceptors (Lipinski definition) is 2. The van der Waals surface area contributed by atoms with Crippen LogP contribution in [0.4, 0.5) is 0 Å². The van der Waals surface area contributed by atoms with E-state index in [0.717, 1.165) is 12.3 Å². The fourth-order valence-corrected chi connectivity index (χ4v) is 3.25. The lowest BCUT2D eigenvalue weighted by atomic mass is 9.74. The van der Waals surface area contributed by atoms with Crippen molar-refractivity contribution in [3.05, 3.63) is 29.3 Å². The maximum Gasteiger partial charge on any atom is 0.122 e. The van der Waals surface area contributed by atoms with Crippen LogP contribution < -0.4 is 10.5 Å². The number of fused-ring (bicyclic) bond motifs is 2. The first-order valence-corrected chi connectivity index (χ1v) is 6.18. The maximum absolute atomic E-state index is 5.88. The van der Waals surface area contributed by atoms with Gasteiger partial charge in [0.1, 0.15) is 5.75 Å². The van der Waals surface area contributed by atoms with Crippen LogP contribution >= 0.6 is 0 Å². The Kier molecular flexibility index (Phi) is 2.21. The van der Waals surface area contributed by atoms with Gasteiger partial charge in [0.05, 0.1) is 7.11 Å². The van der Waals surface area contributed by atoms with Crippen LogP contribution in [0, 0.1) is 0 Å². The summed E-state index contributed by atoms with van der Waals surface area (Å²) < 4.78 is 5.54. The summed E-state index contributed by atoms with van der Waals surface area (Å²) in [6.07, 6.45) is 5.20. The van der Waals surface area contributed by atoms with Gasteiger partial charge in [-0.25, -0.2) is 0 Å². The average molecular weight is 217 g/mol. The Morgan fingerprint density at radius 2 is 2.19 bits per heavy atom. The molecule has 16 heavy (non-hydrogen) atoms. The van der Waals surface area contributed by atoms with Crippen molar-refractivity contribution in [2.75, 3.05) is 13.7 Å². The fourth-order valence-electron chi connectivity index (χ4n) is 3.25. The topological polar surface area (TPSA) is 35.2 Å². The van der Waals surface area contributed by atoms with Crippen molar-refractivity contribution in [3.8, 4) is 5.75 Å². The molecule has 1 unspecified atom stereocenters. The van der Waals surface area contributed by atoms with E-state index >= 15 is 0 Å². The van der Waals surface area contributed by atoms with Crippen molar-refractivity contribution in [2.24, 2.45) is 5.73 Å². The molecular formula is C14H19NO. The van der Waals surface area contributed by atoms with Crippen molar-refractivity contribution in [2.45, 2.75) is 37.0 Å². The molecule has 2 N–H and O–H groups in total. The number of nitrogens with two attached hydrogens (primary N) is 1. The van der Waals surface area contributed by atoms with E-state index < -0.39 is 0 Å². The summed E-state index contributed by atoms with van der Waals surface area (Å²) in [6.45, 7) is 0.760. The minimum atomic E-state index is 0.452. The van der Waals surface area contributed by atoms with Gasteiger partial charge in [0.25, 0.3) is 0 Å². The largest absolute Gasteiger partial charge is 0.496 e. The van der Waals surface area contributed by atoms with Crippen LogP contribution in [0.3, 0.4) is 0 Å². The van der Waals surface area contributed by atoms with E-state index in [0.29, 0.717) is 11.3 Å². The van der Waals surface area contributed by atoms with Crippen molar-refractivity contribution in [1.29, 1.82) is 0 Å². The maximum atomic E-state index is 5.88. The molecule has 0 heterocycles. The molecule has 1 spiro atoms. The van der Waals surface area contributed by atoms with Crippen molar-refractivity contribution >= 4 is 0 Å². The van der Waals surface area contributed by atoms with E-state index in [1.165, 1.54) is 36.8 Å². The highest BCUT2D eigenvalue weighted by Gasteiger charge is 2.50. The van der Waals surface area contributed by atoms with Gasteiger partial charge in [0.2, 0.25) is 0 Å². The molecule has 1 saturated carbocycles. The molecular weight excluding hydrogens is 198 g/mol. The van der Waals surface area contributed by atoms with Crippen molar-refractivity contribution < 1.29 is 4.74 Å². The minimum absolute atomic E-state index is 0.452. The minimum Gasteiger partial charge on any atom is -0.496 e. The second kappa shape index (κ2) is 3.49. The van der Waals surface area contributed by atoms with E-state index in [4.69, 9.17) is 10.5 Å². The smallest absolute Gasteiger partial charge is 0.122 e. The third-order valence-electron chi connectivity index (χ3n) is 4.36. The van der Waals surface area contributed by atoms with Gasteiger partial charge in [-0.1, -0.05) is 12.1 Å². The molecule has 0 saturated heterocycles. The van der Waals surface area contributed by atoms with E-state index in [1.807, 2.05) is 0 Å². The zero-order valence-electron chi connectivity index (χ0n) is 9.83.